The molecule has 2 nitrogen and oxygen atoms in total. The quantitative estimate of drug-likeness (QED) is 0.460. The standard InChI is InChI=1S/C10H7BrINO/c1-6-8(10(14)4-11)2-7(5-13)3-9(6)12/h2-3H,4H2,1H3. The van der Waals surface area contributed by atoms with Crippen LogP contribution in [0.15, 0.2) is 12.1 Å². The van der Waals surface area contributed by atoms with Crippen LogP contribution >= 0.6 is 38.5 Å². The molecule has 0 aromatic heterocycles. The van der Waals surface area contributed by atoms with Crippen molar-refractivity contribution in [1.82, 2.24) is 0 Å². The highest BCUT2D eigenvalue weighted by Gasteiger charge is 2.11. The Hall–Kier alpha value is -0.410. The lowest BCUT2D eigenvalue weighted by Crippen LogP contribution is -2.04. The van der Waals surface area contributed by atoms with E-state index in [1.165, 1.54) is 0 Å². The molecule has 0 unspecified atom stereocenters. The molecule has 4 heteroatoms. The van der Waals surface area contributed by atoms with Crippen molar-refractivity contribution in [3.63, 3.8) is 0 Å². The van der Waals surface area contributed by atoms with Gasteiger partial charge in [-0.25, -0.2) is 0 Å². The van der Waals surface area contributed by atoms with Crippen molar-refractivity contribution in [2.24, 2.45) is 0 Å². The first kappa shape index (κ1) is 11.7. The highest BCUT2D eigenvalue weighted by Crippen LogP contribution is 2.19. The molecule has 0 aliphatic carbocycles. The average Bonchev–Trinajstić information content (AvgIpc) is 2.20. The number of alkyl halides is 1. The van der Waals surface area contributed by atoms with E-state index in [9.17, 15) is 4.79 Å². The fourth-order valence-corrected chi connectivity index (χ4v) is 2.03. The van der Waals surface area contributed by atoms with E-state index in [0.29, 0.717) is 16.5 Å². The predicted molar refractivity (Wildman–Crippen MR) is 66.7 cm³/mol. The molecule has 0 N–H and O–H groups in total. The molecular formula is C10H7BrINO. The van der Waals surface area contributed by atoms with E-state index in [0.717, 1.165) is 9.13 Å². The lowest BCUT2D eigenvalue weighted by atomic mass is 10.0. The zero-order valence-electron chi connectivity index (χ0n) is 7.47. The van der Waals surface area contributed by atoms with Gasteiger partial charge in [0.1, 0.15) is 0 Å². The number of halogens is 2. The molecule has 0 amide bonds. The van der Waals surface area contributed by atoms with Gasteiger partial charge in [-0.05, 0) is 47.2 Å². The third-order valence-electron chi connectivity index (χ3n) is 1.90. The molecule has 0 aliphatic heterocycles. The maximum Gasteiger partial charge on any atom is 0.173 e. The van der Waals surface area contributed by atoms with Gasteiger partial charge in [0.2, 0.25) is 0 Å². The van der Waals surface area contributed by atoms with E-state index in [1.54, 1.807) is 12.1 Å². The molecule has 1 aromatic carbocycles. The van der Waals surface area contributed by atoms with E-state index in [2.05, 4.69) is 38.5 Å². The molecule has 14 heavy (non-hydrogen) atoms. The molecule has 0 aliphatic rings. The van der Waals surface area contributed by atoms with E-state index in [1.807, 2.05) is 13.0 Å². The molecule has 0 saturated carbocycles. The predicted octanol–water partition coefficient (Wildman–Crippen LogP) is 3.05. The maximum absolute atomic E-state index is 11.5. The van der Waals surface area contributed by atoms with Crippen LogP contribution in [-0.4, -0.2) is 11.1 Å². The van der Waals surface area contributed by atoms with Crippen molar-refractivity contribution in [3.05, 3.63) is 32.4 Å². The second kappa shape index (κ2) is 4.89. The number of benzene rings is 1. The number of carbonyl (C=O) groups excluding carboxylic acids is 1. The van der Waals surface area contributed by atoms with E-state index < -0.39 is 0 Å². The molecular weight excluding hydrogens is 357 g/mol. The third-order valence-corrected chi connectivity index (χ3v) is 3.52. The molecule has 0 spiro atoms. The van der Waals surface area contributed by atoms with Crippen LogP contribution in [0, 0.1) is 21.8 Å². The van der Waals surface area contributed by atoms with Gasteiger partial charge in [-0.3, -0.25) is 4.79 Å². The zero-order valence-corrected chi connectivity index (χ0v) is 11.2. The van der Waals surface area contributed by atoms with Crippen LogP contribution in [0.2, 0.25) is 0 Å². The van der Waals surface area contributed by atoms with Crippen molar-refractivity contribution in [3.8, 4) is 6.07 Å². The van der Waals surface area contributed by atoms with Crippen molar-refractivity contribution >= 4 is 44.3 Å². The minimum absolute atomic E-state index is 0.0116. The Bertz CT molecular complexity index is 423. The minimum atomic E-state index is 0.0116. The molecule has 0 saturated heterocycles. The second-order valence-corrected chi connectivity index (χ2v) is 4.52. The first-order valence-corrected chi connectivity index (χ1v) is 6.09. The summed E-state index contributed by atoms with van der Waals surface area (Å²) < 4.78 is 0.950. The summed E-state index contributed by atoms with van der Waals surface area (Å²) in [5, 5.41) is 9.05. The van der Waals surface area contributed by atoms with Crippen molar-refractivity contribution in [1.29, 1.82) is 5.26 Å². The Labute approximate surface area is 105 Å². The highest BCUT2D eigenvalue weighted by atomic mass is 127. The molecule has 0 heterocycles. The van der Waals surface area contributed by atoms with Crippen molar-refractivity contribution in [2.45, 2.75) is 6.92 Å². The molecule has 0 fully saturated rings. The normalized spacial score (nSPS) is 9.57. The number of nitrogens with zero attached hydrogens (tertiary/aromatic N) is 1. The van der Waals surface area contributed by atoms with Crippen LogP contribution in [0.5, 0.6) is 0 Å². The van der Waals surface area contributed by atoms with E-state index >= 15 is 0 Å². The van der Waals surface area contributed by atoms with Gasteiger partial charge in [0.05, 0.1) is 17.0 Å². The summed E-state index contributed by atoms with van der Waals surface area (Å²) in [5.74, 6) is 0.0116. The van der Waals surface area contributed by atoms with Gasteiger partial charge in [0.15, 0.2) is 5.78 Å². The fraction of sp³-hybridized carbons (Fsp3) is 0.200. The smallest absolute Gasteiger partial charge is 0.173 e. The van der Waals surface area contributed by atoms with E-state index in [-0.39, 0.29) is 5.78 Å². The van der Waals surface area contributed by atoms with Gasteiger partial charge in [-0.15, -0.1) is 0 Å². The summed E-state index contributed by atoms with van der Waals surface area (Å²) in [7, 11) is 0. The zero-order chi connectivity index (χ0) is 10.7. The van der Waals surface area contributed by atoms with Gasteiger partial charge in [0, 0.05) is 9.13 Å². The Kier molecular flexibility index (Phi) is 4.08. The Morgan fingerprint density at radius 1 is 1.64 bits per heavy atom. The number of hydrogen-bond acceptors (Lipinski definition) is 2. The number of ketones is 1. The first-order valence-electron chi connectivity index (χ1n) is 3.89. The van der Waals surface area contributed by atoms with Gasteiger partial charge < -0.3 is 0 Å². The first-order chi connectivity index (χ1) is 6.60. The molecule has 1 rings (SSSR count). The van der Waals surface area contributed by atoms with Crippen LogP contribution in [0.1, 0.15) is 21.5 Å². The van der Waals surface area contributed by atoms with Crippen LogP contribution in [-0.2, 0) is 0 Å². The van der Waals surface area contributed by atoms with Crippen LogP contribution < -0.4 is 0 Å². The monoisotopic (exact) mass is 363 g/mol. The SMILES string of the molecule is Cc1c(I)cc(C#N)cc1C(=O)CBr. The van der Waals surface area contributed by atoms with E-state index in [4.69, 9.17) is 5.26 Å². The largest absolute Gasteiger partial charge is 0.293 e. The number of carbonyl (C=O) groups is 1. The average molecular weight is 364 g/mol. The van der Waals surface area contributed by atoms with Gasteiger partial charge in [0.25, 0.3) is 0 Å². The number of Topliss-reactive ketones (excluding diaryl/α,β-unsaturated/α-hetero) is 1. The molecule has 72 valence electrons. The molecule has 0 atom stereocenters. The minimum Gasteiger partial charge on any atom is -0.293 e. The summed E-state index contributed by atoms with van der Waals surface area (Å²) in [6.07, 6.45) is 0. The number of rotatable bonds is 2. The van der Waals surface area contributed by atoms with Crippen molar-refractivity contribution in [2.75, 3.05) is 5.33 Å². The summed E-state index contributed by atoms with van der Waals surface area (Å²) in [6.45, 7) is 1.89. The lowest BCUT2D eigenvalue weighted by Gasteiger charge is -2.05. The van der Waals surface area contributed by atoms with Gasteiger partial charge in [-0.1, -0.05) is 15.9 Å². The summed E-state index contributed by atoms with van der Waals surface area (Å²) in [6, 6.07) is 5.46. The molecule has 0 radical (unpaired) electrons. The van der Waals surface area contributed by atoms with Crippen LogP contribution in [0.3, 0.4) is 0 Å². The summed E-state index contributed by atoms with van der Waals surface area (Å²) >= 11 is 5.25. The van der Waals surface area contributed by atoms with Crippen LogP contribution in [0.4, 0.5) is 0 Å². The second-order valence-electron chi connectivity index (χ2n) is 2.80. The van der Waals surface area contributed by atoms with Crippen LogP contribution in [0.25, 0.3) is 0 Å². The Morgan fingerprint density at radius 3 is 2.79 bits per heavy atom. The summed E-state index contributed by atoms with van der Waals surface area (Å²) in [5.41, 5.74) is 2.10. The third kappa shape index (κ3) is 2.34. The lowest BCUT2D eigenvalue weighted by molar-refractivity contribution is 0.102. The summed E-state index contributed by atoms with van der Waals surface area (Å²) in [4.78, 5) is 11.5. The number of hydrogen-bond donors (Lipinski definition) is 0. The van der Waals surface area contributed by atoms with Gasteiger partial charge >= 0.3 is 0 Å². The Balaban J connectivity index is 3.36. The van der Waals surface area contributed by atoms with Gasteiger partial charge in [-0.2, -0.15) is 5.26 Å². The highest BCUT2D eigenvalue weighted by molar-refractivity contribution is 14.1. The molecule has 1 aromatic rings. The topological polar surface area (TPSA) is 40.9 Å². The molecule has 0 bridgehead atoms. The fourth-order valence-electron chi connectivity index (χ4n) is 1.11. The van der Waals surface area contributed by atoms with Crippen molar-refractivity contribution < 1.29 is 4.79 Å². The maximum atomic E-state index is 11.5. The Morgan fingerprint density at radius 2 is 2.29 bits per heavy atom. The number of nitriles is 1.